The number of guanidine groups is 1. The van der Waals surface area contributed by atoms with Crippen molar-refractivity contribution in [2.75, 3.05) is 48.8 Å². The molecule has 2 aromatic heterocycles. The van der Waals surface area contributed by atoms with Gasteiger partial charge in [0.05, 0.1) is 12.7 Å². The maximum atomic E-state index is 11.7. The van der Waals surface area contributed by atoms with E-state index >= 15 is 0 Å². The number of aromatic nitrogens is 3. The molecule has 1 aromatic carbocycles. The smallest absolute Gasteiger partial charge is 0.337 e. The quantitative estimate of drug-likeness (QED) is 0.238. The van der Waals surface area contributed by atoms with Crippen molar-refractivity contribution in [1.82, 2.24) is 19.9 Å². The molecule has 10 nitrogen and oxygen atoms in total. The zero-order chi connectivity index (χ0) is 25.5. The number of hydrogen-bond donors (Lipinski definition) is 2. The van der Waals surface area contributed by atoms with Gasteiger partial charge < -0.3 is 19.9 Å². The van der Waals surface area contributed by atoms with E-state index in [1.165, 1.54) is 7.11 Å². The molecule has 0 atom stereocenters. The van der Waals surface area contributed by atoms with Gasteiger partial charge in [0.25, 0.3) is 0 Å². The number of anilines is 3. The van der Waals surface area contributed by atoms with Gasteiger partial charge in [-0.2, -0.15) is 4.99 Å². The van der Waals surface area contributed by atoms with Gasteiger partial charge in [0.15, 0.2) is 0 Å². The SMILES string of the molecule is COC(=O)c1ccc(NC(=S)/N=C(/Nc2nc(C)cc(C)n2)N2CCN(c3ccccn3)CC2)cc1. The lowest BCUT2D eigenvalue weighted by Crippen LogP contribution is -2.51. The number of pyridine rings is 1. The number of carbonyl (C=O) groups excluding carboxylic acids is 1. The lowest BCUT2D eigenvalue weighted by atomic mass is 10.2. The van der Waals surface area contributed by atoms with E-state index in [0.717, 1.165) is 30.3 Å². The highest BCUT2D eigenvalue weighted by Crippen LogP contribution is 2.15. The minimum absolute atomic E-state index is 0.264. The molecule has 0 spiro atoms. The Balaban J connectivity index is 1.51. The summed E-state index contributed by atoms with van der Waals surface area (Å²) in [5.41, 5.74) is 2.88. The molecule has 3 heterocycles. The Bertz CT molecular complexity index is 1220. The van der Waals surface area contributed by atoms with Gasteiger partial charge in [-0.15, -0.1) is 0 Å². The van der Waals surface area contributed by atoms with Crippen LogP contribution in [0.5, 0.6) is 0 Å². The predicted molar refractivity (Wildman–Crippen MR) is 145 cm³/mol. The first kappa shape index (κ1) is 25.0. The third-order valence-corrected chi connectivity index (χ3v) is 5.72. The van der Waals surface area contributed by atoms with E-state index in [1.54, 1.807) is 30.5 Å². The van der Waals surface area contributed by atoms with Gasteiger partial charge in [-0.05, 0) is 68.5 Å². The lowest BCUT2D eigenvalue weighted by Gasteiger charge is -2.36. The molecule has 11 heteroatoms. The van der Waals surface area contributed by atoms with Crippen molar-refractivity contribution in [2.45, 2.75) is 13.8 Å². The van der Waals surface area contributed by atoms with Crippen molar-refractivity contribution < 1.29 is 9.53 Å². The van der Waals surface area contributed by atoms with Gasteiger partial charge >= 0.3 is 5.97 Å². The molecule has 0 saturated carbocycles. The van der Waals surface area contributed by atoms with E-state index < -0.39 is 5.97 Å². The van der Waals surface area contributed by atoms with Crippen molar-refractivity contribution in [1.29, 1.82) is 0 Å². The van der Waals surface area contributed by atoms with E-state index in [-0.39, 0.29) is 5.11 Å². The molecule has 2 N–H and O–H groups in total. The number of esters is 1. The molecule has 1 aliphatic heterocycles. The number of aryl methyl sites for hydroxylation is 2. The molecule has 1 saturated heterocycles. The summed E-state index contributed by atoms with van der Waals surface area (Å²) in [7, 11) is 1.35. The third kappa shape index (κ3) is 6.51. The van der Waals surface area contributed by atoms with Crippen molar-refractivity contribution in [3.05, 3.63) is 71.7 Å². The summed E-state index contributed by atoms with van der Waals surface area (Å²) in [6.45, 7) is 6.83. The Morgan fingerprint density at radius 1 is 1.00 bits per heavy atom. The lowest BCUT2D eigenvalue weighted by molar-refractivity contribution is 0.0601. The molecule has 0 unspecified atom stereocenters. The summed E-state index contributed by atoms with van der Waals surface area (Å²) in [6, 6.07) is 14.7. The van der Waals surface area contributed by atoms with Crippen molar-refractivity contribution in [2.24, 2.45) is 4.99 Å². The highest BCUT2D eigenvalue weighted by molar-refractivity contribution is 7.80. The van der Waals surface area contributed by atoms with Crippen LogP contribution in [0.15, 0.2) is 59.7 Å². The average Bonchev–Trinajstić information content (AvgIpc) is 2.88. The second kappa shape index (κ2) is 11.5. The van der Waals surface area contributed by atoms with Crippen molar-refractivity contribution in [3.63, 3.8) is 0 Å². The number of rotatable bonds is 4. The van der Waals surface area contributed by atoms with E-state index in [2.05, 4.69) is 40.4 Å². The Labute approximate surface area is 215 Å². The number of nitrogens with zero attached hydrogens (tertiary/aromatic N) is 6. The number of aliphatic imine (C=N–C) groups is 1. The number of thiocarbonyl (C=S) groups is 1. The van der Waals surface area contributed by atoms with Crippen LogP contribution in [0.4, 0.5) is 17.5 Å². The molecule has 0 bridgehead atoms. The zero-order valence-electron chi connectivity index (χ0n) is 20.4. The van der Waals surface area contributed by atoms with Crippen molar-refractivity contribution in [3.8, 4) is 0 Å². The van der Waals surface area contributed by atoms with Crippen LogP contribution in [-0.4, -0.2) is 70.2 Å². The van der Waals surface area contributed by atoms with E-state index in [0.29, 0.717) is 36.2 Å². The van der Waals surface area contributed by atoms with Gasteiger partial charge in [0, 0.05) is 49.5 Å². The predicted octanol–water partition coefficient (Wildman–Crippen LogP) is 3.26. The molecule has 0 radical (unpaired) electrons. The molecule has 0 amide bonds. The standard InChI is InChI=1S/C25H28N8O2S/c1-17-16-18(2)28-23(27-17)30-24(33-14-12-32(13-15-33)21-6-4-5-11-26-21)31-25(36)29-20-9-7-19(8-10-20)22(34)35-3/h4-11,16H,12-15H2,1-3H3,(H2,27,28,29,30,31,36). The van der Waals surface area contributed by atoms with Crippen LogP contribution in [0.1, 0.15) is 21.7 Å². The normalized spacial score (nSPS) is 13.8. The first-order chi connectivity index (χ1) is 17.4. The van der Waals surface area contributed by atoms with Crippen LogP contribution in [0.25, 0.3) is 0 Å². The van der Waals surface area contributed by atoms with Crippen LogP contribution in [-0.2, 0) is 4.74 Å². The molecule has 3 aromatic rings. The van der Waals surface area contributed by atoms with Gasteiger partial charge in [-0.1, -0.05) is 6.07 Å². The van der Waals surface area contributed by atoms with Gasteiger partial charge in [-0.3, -0.25) is 5.32 Å². The Morgan fingerprint density at radius 3 is 2.31 bits per heavy atom. The maximum Gasteiger partial charge on any atom is 0.337 e. The summed E-state index contributed by atoms with van der Waals surface area (Å²) in [4.78, 5) is 34.2. The number of benzene rings is 1. The minimum atomic E-state index is -0.396. The van der Waals surface area contributed by atoms with Gasteiger partial charge in [-0.25, -0.2) is 19.7 Å². The summed E-state index contributed by atoms with van der Waals surface area (Å²) >= 11 is 5.54. The number of carbonyl (C=O) groups is 1. The Kier molecular flexibility index (Phi) is 8.01. The number of hydrogen-bond acceptors (Lipinski definition) is 7. The van der Waals surface area contributed by atoms with Gasteiger partial charge in [0.1, 0.15) is 5.82 Å². The summed E-state index contributed by atoms with van der Waals surface area (Å²) < 4.78 is 4.75. The van der Waals surface area contributed by atoms with Crippen LogP contribution < -0.4 is 15.5 Å². The molecule has 4 rings (SSSR count). The Hall–Kier alpha value is -4.12. The summed E-state index contributed by atoms with van der Waals surface area (Å²) in [5, 5.41) is 6.63. The second-order valence-corrected chi connectivity index (χ2v) is 8.58. The number of nitrogens with one attached hydrogen (secondary N) is 2. The number of methoxy groups -OCH3 is 1. The topological polar surface area (TPSA) is 108 Å². The van der Waals surface area contributed by atoms with Crippen LogP contribution in [0.2, 0.25) is 0 Å². The fourth-order valence-electron chi connectivity index (χ4n) is 3.80. The van der Waals surface area contributed by atoms with Crippen LogP contribution in [0, 0.1) is 13.8 Å². The first-order valence-electron chi connectivity index (χ1n) is 11.5. The molecular formula is C25H28N8O2S. The summed E-state index contributed by atoms with van der Waals surface area (Å²) in [6.07, 6.45) is 1.80. The van der Waals surface area contributed by atoms with Crippen LogP contribution >= 0.6 is 12.2 Å². The largest absolute Gasteiger partial charge is 0.465 e. The molecular weight excluding hydrogens is 476 g/mol. The maximum absolute atomic E-state index is 11.7. The third-order valence-electron chi connectivity index (χ3n) is 5.52. The second-order valence-electron chi connectivity index (χ2n) is 8.20. The zero-order valence-corrected chi connectivity index (χ0v) is 21.2. The highest BCUT2D eigenvalue weighted by Gasteiger charge is 2.22. The fourth-order valence-corrected chi connectivity index (χ4v) is 4.01. The monoisotopic (exact) mass is 504 g/mol. The molecule has 1 aliphatic rings. The Morgan fingerprint density at radius 2 is 1.69 bits per heavy atom. The molecule has 36 heavy (non-hydrogen) atoms. The van der Waals surface area contributed by atoms with Gasteiger partial charge in [0.2, 0.25) is 17.0 Å². The number of ether oxygens (including phenoxy) is 1. The summed E-state index contributed by atoms with van der Waals surface area (Å²) in [5.74, 6) is 1.58. The minimum Gasteiger partial charge on any atom is -0.465 e. The van der Waals surface area contributed by atoms with E-state index in [4.69, 9.17) is 17.0 Å². The fraction of sp³-hybridized carbons (Fsp3) is 0.280. The van der Waals surface area contributed by atoms with E-state index in [1.807, 2.05) is 38.1 Å². The van der Waals surface area contributed by atoms with E-state index in [9.17, 15) is 4.79 Å². The van der Waals surface area contributed by atoms with Crippen LogP contribution in [0.3, 0.4) is 0 Å². The molecule has 186 valence electrons. The molecule has 0 aliphatic carbocycles. The average molecular weight is 505 g/mol. The number of piperazine rings is 1. The molecule has 1 fully saturated rings. The van der Waals surface area contributed by atoms with Crippen molar-refractivity contribution >= 4 is 46.7 Å². The first-order valence-corrected chi connectivity index (χ1v) is 11.9. The highest BCUT2D eigenvalue weighted by atomic mass is 32.1.